The van der Waals surface area contributed by atoms with Gasteiger partial charge < -0.3 is 15.4 Å². The van der Waals surface area contributed by atoms with E-state index in [-0.39, 0.29) is 18.4 Å². The van der Waals surface area contributed by atoms with Crippen molar-refractivity contribution in [3.63, 3.8) is 0 Å². The van der Waals surface area contributed by atoms with Gasteiger partial charge in [0.15, 0.2) is 0 Å². The third-order valence-electron chi connectivity index (χ3n) is 2.78. The van der Waals surface area contributed by atoms with Crippen LogP contribution in [-0.2, 0) is 9.53 Å². The number of anilines is 1. The second-order valence-electron chi connectivity index (χ2n) is 4.37. The molecule has 112 valence electrons. The summed E-state index contributed by atoms with van der Waals surface area (Å²) in [4.78, 5) is 11.4. The van der Waals surface area contributed by atoms with Crippen molar-refractivity contribution >= 4 is 23.3 Å². The molecule has 0 saturated carbocycles. The molecular formula is C15H18ClN3O2. The van der Waals surface area contributed by atoms with E-state index in [1.165, 1.54) is 7.11 Å². The zero-order valence-corrected chi connectivity index (χ0v) is 12.6. The lowest BCUT2D eigenvalue weighted by atomic mass is 10.1. The van der Waals surface area contributed by atoms with E-state index in [9.17, 15) is 4.79 Å². The first-order chi connectivity index (χ1) is 10.1. The number of ether oxygens (including phenoxy) is 1. The van der Waals surface area contributed by atoms with E-state index in [1.54, 1.807) is 24.3 Å². The molecule has 1 aromatic rings. The molecule has 0 amide bonds. The Hall–Kier alpha value is -2.03. The first kappa shape index (κ1) is 17.0. The first-order valence-electron chi connectivity index (χ1n) is 6.45. The van der Waals surface area contributed by atoms with Crippen molar-refractivity contribution in [1.29, 1.82) is 5.26 Å². The van der Waals surface area contributed by atoms with Crippen molar-refractivity contribution in [2.24, 2.45) is 0 Å². The summed E-state index contributed by atoms with van der Waals surface area (Å²) < 4.78 is 4.69. The summed E-state index contributed by atoms with van der Waals surface area (Å²) in [5.41, 5.74) is 1.16. The number of hydrogen-bond acceptors (Lipinski definition) is 5. The van der Waals surface area contributed by atoms with Crippen molar-refractivity contribution in [3.8, 4) is 6.07 Å². The number of halogens is 1. The molecule has 1 atom stereocenters. The molecule has 0 saturated heterocycles. The minimum atomic E-state index is -0.298. The van der Waals surface area contributed by atoms with Gasteiger partial charge in [0.1, 0.15) is 6.07 Å². The Morgan fingerprint density at radius 3 is 2.95 bits per heavy atom. The maximum Gasteiger partial charge on any atom is 0.307 e. The molecule has 1 rings (SSSR count). The molecule has 1 aromatic carbocycles. The Morgan fingerprint density at radius 2 is 2.38 bits per heavy atom. The van der Waals surface area contributed by atoms with E-state index in [0.717, 1.165) is 5.69 Å². The minimum absolute atomic E-state index is 0.151. The zero-order valence-electron chi connectivity index (χ0n) is 11.9. The lowest BCUT2D eigenvalue weighted by molar-refractivity contribution is -0.140. The van der Waals surface area contributed by atoms with Crippen LogP contribution in [0, 0.1) is 11.3 Å². The number of nitrogens with one attached hydrogen (secondary N) is 2. The molecular weight excluding hydrogens is 290 g/mol. The van der Waals surface area contributed by atoms with E-state index in [0.29, 0.717) is 23.7 Å². The van der Waals surface area contributed by atoms with Crippen LogP contribution >= 0.6 is 11.6 Å². The molecule has 2 N–H and O–H groups in total. The SMILES string of the molecule is C=CCNCC(CC(=O)OC)Nc1ccc(C#N)c(Cl)c1. The van der Waals surface area contributed by atoms with E-state index in [1.807, 2.05) is 6.07 Å². The molecule has 21 heavy (non-hydrogen) atoms. The third-order valence-corrected chi connectivity index (χ3v) is 3.09. The van der Waals surface area contributed by atoms with E-state index in [4.69, 9.17) is 16.9 Å². The number of nitriles is 1. The maximum atomic E-state index is 11.4. The molecule has 0 aliphatic heterocycles. The summed E-state index contributed by atoms with van der Waals surface area (Å²) in [6.45, 7) is 4.84. The largest absolute Gasteiger partial charge is 0.469 e. The zero-order chi connectivity index (χ0) is 15.7. The number of carbonyl (C=O) groups is 1. The Kier molecular flexibility index (Phi) is 7.30. The minimum Gasteiger partial charge on any atom is -0.469 e. The van der Waals surface area contributed by atoms with Crippen molar-refractivity contribution in [1.82, 2.24) is 5.32 Å². The van der Waals surface area contributed by atoms with Crippen LogP contribution in [-0.4, -0.2) is 32.2 Å². The highest BCUT2D eigenvalue weighted by Crippen LogP contribution is 2.21. The van der Waals surface area contributed by atoms with Gasteiger partial charge in [-0.15, -0.1) is 6.58 Å². The van der Waals surface area contributed by atoms with Crippen molar-refractivity contribution in [2.75, 3.05) is 25.5 Å². The molecule has 5 nitrogen and oxygen atoms in total. The van der Waals surface area contributed by atoms with Gasteiger partial charge in [0.25, 0.3) is 0 Å². The fourth-order valence-electron chi connectivity index (χ4n) is 1.75. The highest BCUT2D eigenvalue weighted by atomic mass is 35.5. The maximum absolute atomic E-state index is 11.4. The van der Waals surface area contributed by atoms with Gasteiger partial charge >= 0.3 is 5.97 Å². The highest BCUT2D eigenvalue weighted by molar-refractivity contribution is 6.32. The second kappa shape index (κ2) is 9.01. The fraction of sp³-hybridized carbons (Fsp3) is 0.333. The van der Waals surface area contributed by atoms with E-state index >= 15 is 0 Å². The normalized spacial score (nSPS) is 11.3. The summed E-state index contributed by atoms with van der Waals surface area (Å²) in [5, 5.41) is 15.6. The molecule has 0 heterocycles. The Balaban J connectivity index is 2.74. The number of esters is 1. The summed E-state index contributed by atoms with van der Waals surface area (Å²) >= 11 is 5.99. The van der Waals surface area contributed by atoms with Gasteiger partial charge in [-0.2, -0.15) is 5.26 Å². The fourth-order valence-corrected chi connectivity index (χ4v) is 1.97. The highest BCUT2D eigenvalue weighted by Gasteiger charge is 2.14. The van der Waals surface area contributed by atoms with Crippen molar-refractivity contribution in [3.05, 3.63) is 41.4 Å². The molecule has 0 aliphatic carbocycles. The smallest absolute Gasteiger partial charge is 0.307 e. The van der Waals surface area contributed by atoms with Gasteiger partial charge in [-0.25, -0.2) is 0 Å². The predicted molar refractivity (Wildman–Crippen MR) is 83.3 cm³/mol. The third kappa shape index (κ3) is 5.86. The van der Waals surface area contributed by atoms with Gasteiger partial charge in [-0.05, 0) is 18.2 Å². The van der Waals surface area contributed by atoms with Crippen LogP contribution in [0.2, 0.25) is 5.02 Å². The number of hydrogen-bond donors (Lipinski definition) is 2. The summed E-state index contributed by atoms with van der Waals surface area (Å²) in [6.07, 6.45) is 1.96. The standard InChI is InChI=1S/C15H18ClN3O2/c1-3-6-18-10-13(8-15(20)21-2)19-12-5-4-11(9-17)14(16)7-12/h3-5,7,13,18-19H,1,6,8,10H2,2H3. The van der Waals surface area contributed by atoms with E-state index in [2.05, 4.69) is 21.9 Å². The number of benzene rings is 1. The van der Waals surface area contributed by atoms with Crippen molar-refractivity contribution < 1.29 is 9.53 Å². The van der Waals surface area contributed by atoms with Gasteiger partial charge in [0, 0.05) is 24.8 Å². The summed E-state index contributed by atoms with van der Waals surface area (Å²) in [6, 6.07) is 6.90. The lowest BCUT2D eigenvalue weighted by Gasteiger charge is -2.19. The van der Waals surface area contributed by atoms with Crippen LogP contribution in [0.25, 0.3) is 0 Å². The average Bonchev–Trinajstić information content (AvgIpc) is 2.47. The second-order valence-corrected chi connectivity index (χ2v) is 4.78. The quantitative estimate of drug-likeness (QED) is 0.438. The van der Waals surface area contributed by atoms with Crippen LogP contribution in [0.5, 0.6) is 0 Å². The van der Waals surface area contributed by atoms with Crippen LogP contribution in [0.4, 0.5) is 5.69 Å². The molecule has 0 fully saturated rings. The number of rotatable bonds is 8. The van der Waals surface area contributed by atoms with Gasteiger partial charge in [0.2, 0.25) is 0 Å². The first-order valence-corrected chi connectivity index (χ1v) is 6.83. The van der Waals surface area contributed by atoms with E-state index < -0.39 is 0 Å². The van der Waals surface area contributed by atoms with Crippen LogP contribution < -0.4 is 10.6 Å². The molecule has 0 bridgehead atoms. The Labute approximate surface area is 129 Å². The summed E-state index contributed by atoms with van der Waals surface area (Å²) in [5.74, 6) is -0.298. The number of methoxy groups -OCH3 is 1. The lowest BCUT2D eigenvalue weighted by Crippen LogP contribution is -2.35. The predicted octanol–water partition coefficient (Wildman–Crippen LogP) is 2.33. The molecule has 0 aromatic heterocycles. The summed E-state index contributed by atoms with van der Waals surface area (Å²) in [7, 11) is 1.36. The number of carbonyl (C=O) groups excluding carboxylic acids is 1. The Bertz CT molecular complexity index is 540. The average molecular weight is 308 g/mol. The van der Waals surface area contributed by atoms with Gasteiger partial charge in [-0.1, -0.05) is 17.7 Å². The van der Waals surface area contributed by atoms with Crippen molar-refractivity contribution in [2.45, 2.75) is 12.5 Å². The van der Waals surface area contributed by atoms with Crippen LogP contribution in [0.15, 0.2) is 30.9 Å². The van der Waals surface area contributed by atoms with Gasteiger partial charge in [0.05, 0.1) is 24.1 Å². The molecule has 1 unspecified atom stereocenters. The monoisotopic (exact) mass is 307 g/mol. The van der Waals surface area contributed by atoms with Crippen LogP contribution in [0.1, 0.15) is 12.0 Å². The molecule has 0 radical (unpaired) electrons. The number of nitrogens with zero attached hydrogens (tertiary/aromatic N) is 1. The van der Waals surface area contributed by atoms with Gasteiger partial charge in [-0.3, -0.25) is 4.79 Å². The molecule has 0 aliphatic rings. The molecule has 0 spiro atoms. The topological polar surface area (TPSA) is 74.2 Å². The van der Waals surface area contributed by atoms with Crippen LogP contribution in [0.3, 0.4) is 0 Å². The Morgan fingerprint density at radius 1 is 1.62 bits per heavy atom. The molecule has 6 heteroatoms.